The Labute approximate surface area is 140 Å². The molecule has 7 heteroatoms. The maximum atomic E-state index is 11.9. The maximum absolute atomic E-state index is 11.9. The number of aliphatic imine (C=N–C) groups is 1. The number of hydrogen-bond acceptors (Lipinski definition) is 5. The van der Waals surface area contributed by atoms with Crippen LogP contribution in [0, 0.1) is 17.2 Å². The van der Waals surface area contributed by atoms with Crippen molar-refractivity contribution in [2.45, 2.75) is 20.3 Å². The SMILES string of the molecule is CCCOC(=O)C(C#N)C=Nc1cccc(C(=O)NCC)c1Cl. The lowest BCUT2D eigenvalue weighted by molar-refractivity contribution is -0.144. The van der Waals surface area contributed by atoms with E-state index in [1.54, 1.807) is 25.1 Å². The summed E-state index contributed by atoms with van der Waals surface area (Å²) in [4.78, 5) is 27.6. The molecule has 0 aromatic heterocycles. The van der Waals surface area contributed by atoms with Gasteiger partial charge < -0.3 is 10.1 Å². The fraction of sp³-hybridized carbons (Fsp3) is 0.375. The zero-order valence-corrected chi connectivity index (χ0v) is 13.8. The molecule has 0 heterocycles. The number of halogens is 1. The van der Waals surface area contributed by atoms with Crippen LogP contribution in [0.2, 0.25) is 5.02 Å². The summed E-state index contributed by atoms with van der Waals surface area (Å²) in [7, 11) is 0. The van der Waals surface area contributed by atoms with Gasteiger partial charge in [0.25, 0.3) is 5.91 Å². The second kappa shape index (κ2) is 9.59. The highest BCUT2D eigenvalue weighted by Crippen LogP contribution is 2.28. The van der Waals surface area contributed by atoms with E-state index in [1.807, 2.05) is 13.0 Å². The summed E-state index contributed by atoms with van der Waals surface area (Å²) < 4.78 is 4.91. The van der Waals surface area contributed by atoms with Crippen LogP contribution in [0.3, 0.4) is 0 Å². The lowest BCUT2D eigenvalue weighted by atomic mass is 10.1. The molecule has 1 amide bonds. The monoisotopic (exact) mass is 335 g/mol. The molecule has 1 aromatic carbocycles. The number of hydrogen-bond donors (Lipinski definition) is 1. The molecule has 1 N–H and O–H groups in total. The van der Waals surface area contributed by atoms with E-state index >= 15 is 0 Å². The summed E-state index contributed by atoms with van der Waals surface area (Å²) in [5, 5.41) is 11.8. The van der Waals surface area contributed by atoms with Crippen molar-refractivity contribution < 1.29 is 14.3 Å². The van der Waals surface area contributed by atoms with Crippen LogP contribution in [-0.4, -0.2) is 31.2 Å². The molecule has 1 atom stereocenters. The number of nitrogens with zero attached hydrogens (tertiary/aromatic N) is 2. The number of rotatable bonds is 7. The van der Waals surface area contributed by atoms with Crippen molar-refractivity contribution in [2.24, 2.45) is 10.9 Å². The molecule has 0 radical (unpaired) electrons. The van der Waals surface area contributed by atoms with Crippen LogP contribution >= 0.6 is 11.6 Å². The largest absolute Gasteiger partial charge is 0.464 e. The number of esters is 1. The van der Waals surface area contributed by atoms with E-state index in [4.69, 9.17) is 21.6 Å². The lowest BCUT2D eigenvalue weighted by Crippen LogP contribution is -2.22. The van der Waals surface area contributed by atoms with E-state index in [-0.39, 0.29) is 23.1 Å². The molecule has 0 aliphatic carbocycles. The van der Waals surface area contributed by atoms with Crippen molar-refractivity contribution in [1.29, 1.82) is 5.26 Å². The highest BCUT2D eigenvalue weighted by Gasteiger charge is 2.17. The molecule has 23 heavy (non-hydrogen) atoms. The van der Waals surface area contributed by atoms with Crippen molar-refractivity contribution in [3.8, 4) is 6.07 Å². The van der Waals surface area contributed by atoms with E-state index in [2.05, 4.69) is 10.3 Å². The molecule has 0 fully saturated rings. The zero-order valence-electron chi connectivity index (χ0n) is 13.0. The summed E-state index contributed by atoms with van der Waals surface area (Å²) in [5.41, 5.74) is 0.587. The average Bonchev–Trinajstić information content (AvgIpc) is 2.54. The number of carbonyl (C=O) groups excluding carboxylic acids is 2. The molecular weight excluding hydrogens is 318 g/mol. The normalized spacial score (nSPS) is 11.7. The van der Waals surface area contributed by atoms with Crippen LogP contribution in [0.25, 0.3) is 0 Å². The van der Waals surface area contributed by atoms with Gasteiger partial charge in [-0.1, -0.05) is 24.6 Å². The Morgan fingerprint density at radius 3 is 2.83 bits per heavy atom. The van der Waals surface area contributed by atoms with Crippen LogP contribution in [0.4, 0.5) is 5.69 Å². The van der Waals surface area contributed by atoms with Gasteiger partial charge in [0.1, 0.15) is 0 Å². The van der Waals surface area contributed by atoms with E-state index < -0.39 is 11.9 Å². The van der Waals surface area contributed by atoms with Gasteiger partial charge in [0.2, 0.25) is 0 Å². The Kier molecular flexibility index (Phi) is 7.78. The molecule has 0 bridgehead atoms. The third-order valence-corrected chi connectivity index (χ3v) is 3.16. The Balaban J connectivity index is 2.95. The minimum atomic E-state index is -1.12. The minimum Gasteiger partial charge on any atom is -0.464 e. The van der Waals surface area contributed by atoms with E-state index in [1.165, 1.54) is 6.21 Å². The molecular formula is C16H18ClN3O3. The first-order valence-electron chi connectivity index (χ1n) is 7.22. The Bertz CT molecular complexity index is 638. The molecule has 0 saturated carbocycles. The van der Waals surface area contributed by atoms with E-state index in [0.29, 0.717) is 18.7 Å². The minimum absolute atomic E-state index is 0.160. The topological polar surface area (TPSA) is 91.6 Å². The molecule has 0 spiro atoms. The summed E-state index contributed by atoms with van der Waals surface area (Å²) in [6, 6.07) is 6.60. The predicted octanol–water partition coefficient (Wildman–Crippen LogP) is 2.88. The van der Waals surface area contributed by atoms with Crippen molar-refractivity contribution >= 4 is 35.4 Å². The molecule has 6 nitrogen and oxygen atoms in total. The first kappa shape index (κ1) is 18.7. The van der Waals surface area contributed by atoms with Crippen LogP contribution in [0.5, 0.6) is 0 Å². The molecule has 1 aromatic rings. The summed E-state index contributed by atoms with van der Waals surface area (Å²) >= 11 is 6.16. The van der Waals surface area contributed by atoms with Crippen LogP contribution in [0.1, 0.15) is 30.6 Å². The van der Waals surface area contributed by atoms with Crippen LogP contribution in [-0.2, 0) is 9.53 Å². The fourth-order valence-corrected chi connectivity index (χ4v) is 1.91. The third kappa shape index (κ3) is 5.38. The van der Waals surface area contributed by atoms with Gasteiger partial charge in [-0.2, -0.15) is 5.26 Å². The average molecular weight is 336 g/mol. The van der Waals surface area contributed by atoms with Crippen molar-refractivity contribution in [3.05, 3.63) is 28.8 Å². The van der Waals surface area contributed by atoms with Gasteiger partial charge in [0.15, 0.2) is 5.92 Å². The third-order valence-electron chi connectivity index (χ3n) is 2.76. The maximum Gasteiger partial charge on any atom is 0.328 e. The summed E-state index contributed by atoms with van der Waals surface area (Å²) in [5.74, 6) is -2.09. The lowest BCUT2D eigenvalue weighted by Gasteiger charge is -2.07. The molecule has 0 saturated heterocycles. The second-order valence-electron chi connectivity index (χ2n) is 4.55. The number of amides is 1. The smallest absolute Gasteiger partial charge is 0.328 e. The number of nitriles is 1. The van der Waals surface area contributed by atoms with Gasteiger partial charge in [-0.3, -0.25) is 14.6 Å². The molecule has 122 valence electrons. The van der Waals surface area contributed by atoms with Crippen LogP contribution < -0.4 is 5.32 Å². The van der Waals surface area contributed by atoms with Crippen molar-refractivity contribution in [2.75, 3.05) is 13.2 Å². The molecule has 1 unspecified atom stereocenters. The van der Waals surface area contributed by atoms with Gasteiger partial charge in [-0.25, -0.2) is 0 Å². The van der Waals surface area contributed by atoms with E-state index in [0.717, 1.165) is 0 Å². The summed E-state index contributed by atoms with van der Waals surface area (Å²) in [6.07, 6.45) is 1.84. The predicted molar refractivity (Wildman–Crippen MR) is 88.0 cm³/mol. The Hall–Kier alpha value is -2.39. The van der Waals surface area contributed by atoms with Crippen molar-refractivity contribution in [3.63, 3.8) is 0 Å². The second-order valence-corrected chi connectivity index (χ2v) is 4.93. The summed E-state index contributed by atoms with van der Waals surface area (Å²) in [6.45, 7) is 4.38. The molecule has 0 aliphatic heterocycles. The fourth-order valence-electron chi connectivity index (χ4n) is 1.64. The van der Waals surface area contributed by atoms with Gasteiger partial charge in [-0.15, -0.1) is 0 Å². The quantitative estimate of drug-likeness (QED) is 0.612. The van der Waals surface area contributed by atoms with Crippen molar-refractivity contribution in [1.82, 2.24) is 5.32 Å². The highest BCUT2D eigenvalue weighted by molar-refractivity contribution is 6.36. The van der Waals surface area contributed by atoms with Crippen LogP contribution in [0.15, 0.2) is 23.2 Å². The van der Waals surface area contributed by atoms with Gasteiger partial charge in [-0.05, 0) is 25.5 Å². The first-order valence-corrected chi connectivity index (χ1v) is 7.60. The Morgan fingerprint density at radius 2 is 2.22 bits per heavy atom. The highest BCUT2D eigenvalue weighted by atomic mass is 35.5. The number of carbonyl (C=O) groups is 2. The van der Waals surface area contributed by atoms with Gasteiger partial charge in [0, 0.05) is 12.8 Å². The molecule has 0 aliphatic rings. The number of nitrogens with one attached hydrogen (secondary N) is 1. The zero-order chi connectivity index (χ0) is 17.2. The van der Waals surface area contributed by atoms with Gasteiger partial charge in [0.05, 0.1) is 28.9 Å². The van der Waals surface area contributed by atoms with Gasteiger partial charge >= 0.3 is 5.97 Å². The first-order chi connectivity index (χ1) is 11.0. The molecule has 1 rings (SSSR count). The Morgan fingerprint density at radius 1 is 1.48 bits per heavy atom. The number of benzene rings is 1. The van der Waals surface area contributed by atoms with E-state index in [9.17, 15) is 9.59 Å². The standard InChI is InChI=1S/C16H18ClN3O3/c1-3-8-23-16(22)11(9-18)10-20-13-7-5-6-12(14(13)17)15(21)19-4-2/h5-7,10-11H,3-4,8H2,1-2H3,(H,19,21). The number of ether oxygens (including phenoxy) is 1.